The van der Waals surface area contributed by atoms with E-state index >= 15 is 0 Å². The Hall–Kier alpha value is -1.79. The number of nitrogens with one attached hydrogen (secondary N) is 1. The molecule has 1 aromatic carbocycles. The summed E-state index contributed by atoms with van der Waals surface area (Å²) >= 11 is 0. The summed E-state index contributed by atoms with van der Waals surface area (Å²) in [6.45, 7) is 4.08. The molecule has 136 valence electrons. The fourth-order valence-corrected chi connectivity index (χ4v) is 2.04. The second-order valence-electron chi connectivity index (χ2n) is 6.07. The van der Waals surface area contributed by atoms with E-state index in [0.29, 0.717) is 18.7 Å². The number of carbonyl (C=O) groups is 2. The van der Waals surface area contributed by atoms with Gasteiger partial charge < -0.3 is 20.7 Å². The first-order valence-corrected chi connectivity index (χ1v) is 7.75. The van der Waals surface area contributed by atoms with Crippen molar-refractivity contribution in [2.75, 3.05) is 20.7 Å². The fraction of sp³-hybridized carbons (Fsp3) is 0.529. The zero-order valence-electron chi connectivity index (χ0n) is 14.8. The zero-order valence-corrected chi connectivity index (χ0v) is 15.6. The summed E-state index contributed by atoms with van der Waals surface area (Å²) < 4.78 is 5.45. The Balaban J connectivity index is 0.00000529. The van der Waals surface area contributed by atoms with E-state index in [2.05, 4.69) is 5.32 Å². The lowest BCUT2D eigenvalue weighted by Crippen LogP contribution is -2.51. The molecule has 0 spiro atoms. The highest BCUT2D eigenvalue weighted by Crippen LogP contribution is 2.14. The first-order chi connectivity index (χ1) is 10.8. The minimum atomic E-state index is -0.860. The Labute approximate surface area is 150 Å². The number of nitrogens with zero attached hydrogens (tertiary/aromatic N) is 1. The average molecular weight is 358 g/mol. The fourth-order valence-electron chi connectivity index (χ4n) is 2.04. The van der Waals surface area contributed by atoms with Crippen molar-refractivity contribution in [3.8, 4) is 5.75 Å². The van der Waals surface area contributed by atoms with Gasteiger partial charge in [-0.25, -0.2) is 0 Å². The van der Waals surface area contributed by atoms with E-state index in [1.165, 1.54) is 4.90 Å². The molecule has 2 amide bonds. The highest BCUT2D eigenvalue weighted by molar-refractivity contribution is 5.85. The lowest BCUT2D eigenvalue weighted by Gasteiger charge is -2.22. The van der Waals surface area contributed by atoms with Crippen LogP contribution in [-0.2, 0) is 16.1 Å². The largest absolute Gasteiger partial charge is 0.484 e. The number of nitrogens with two attached hydrogens (primary N) is 1. The maximum absolute atomic E-state index is 12.1. The maximum atomic E-state index is 12.1. The number of halogens is 1. The van der Waals surface area contributed by atoms with Crippen molar-refractivity contribution in [2.24, 2.45) is 5.73 Å². The molecule has 0 bridgehead atoms. The number of rotatable bonds is 8. The van der Waals surface area contributed by atoms with Crippen LogP contribution in [0, 0.1) is 0 Å². The molecular formula is C17H28ClN3O3. The van der Waals surface area contributed by atoms with E-state index < -0.39 is 5.54 Å². The highest BCUT2D eigenvalue weighted by Gasteiger charge is 2.26. The van der Waals surface area contributed by atoms with Crippen LogP contribution in [0.25, 0.3) is 0 Å². The summed E-state index contributed by atoms with van der Waals surface area (Å²) in [7, 11) is 3.36. The minimum absolute atomic E-state index is 0. The molecule has 0 aliphatic rings. The Morgan fingerprint density at radius 3 is 2.58 bits per heavy atom. The van der Waals surface area contributed by atoms with Gasteiger partial charge in [0.25, 0.3) is 5.91 Å². The molecule has 0 saturated heterocycles. The number of amides is 2. The average Bonchev–Trinajstić information content (AvgIpc) is 2.50. The third kappa shape index (κ3) is 7.19. The van der Waals surface area contributed by atoms with Crippen LogP contribution in [0.5, 0.6) is 5.75 Å². The molecule has 1 aromatic rings. The van der Waals surface area contributed by atoms with Crippen molar-refractivity contribution in [3.05, 3.63) is 29.8 Å². The van der Waals surface area contributed by atoms with Gasteiger partial charge in [-0.1, -0.05) is 25.5 Å². The Bertz CT molecular complexity index is 548. The lowest BCUT2D eigenvalue weighted by atomic mass is 9.96. The quantitative estimate of drug-likeness (QED) is 0.741. The van der Waals surface area contributed by atoms with Gasteiger partial charge in [-0.05, 0) is 31.0 Å². The van der Waals surface area contributed by atoms with Crippen molar-refractivity contribution in [2.45, 2.75) is 38.8 Å². The van der Waals surface area contributed by atoms with Gasteiger partial charge in [-0.3, -0.25) is 9.59 Å². The van der Waals surface area contributed by atoms with Gasteiger partial charge in [0, 0.05) is 20.6 Å². The van der Waals surface area contributed by atoms with Crippen LogP contribution in [0.2, 0.25) is 0 Å². The summed E-state index contributed by atoms with van der Waals surface area (Å²) in [6, 6.07) is 7.29. The van der Waals surface area contributed by atoms with Crippen molar-refractivity contribution in [1.82, 2.24) is 10.2 Å². The van der Waals surface area contributed by atoms with Gasteiger partial charge >= 0.3 is 0 Å². The monoisotopic (exact) mass is 357 g/mol. The van der Waals surface area contributed by atoms with Crippen LogP contribution >= 0.6 is 12.4 Å². The number of likely N-dealkylation sites (N-methyl/N-ethyl adjacent to an activating group) is 1. The lowest BCUT2D eigenvalue weighted by molar-refractivity contribution is -0.130. The third-order valence-corrected chi connectivity index (χ3v) is 3.50. The summed E-state index contributed by atoms with van der Waals surface area (Å²) in [5.41, 5.74) is 6.02. The molecule has 24 heavy (non-hydrogen) atoms. The molecule has 0 aliphatic carbocycles. The normalized spacial score (nSPS) is 12.5. The van der Waals surface area contributed by atoms with E-state index in [1.807, 2.05) is 19.1 Å². The first-order valence-electron chi connectivity index (χ1n) is 7.75. The molecule has 0 heterocycles. The molecule has 1 unspecified atom stereocenters. The van der Waals surface area contributed by atoms with E-state index in [0.717, 1.165) is 12.0 Å². The van der Waals surface area contributed by atoms with E-state index in [1.54, 1.807) is 33.2 Å². The summed E-state index contributed by atoms with van der Waals surface area (Å²) in [4.78, 5) is 25.1. The molecule has 0 aromatic heterocycles. The van der Waals surface area contributed by atoms with Gasteiger partial charge in [0.1, 0.15) is 5.75 Å². The molecule has 1 atom stereocenters. The maximum Gasteiger partial charge on any atom is 0.259 e. The van der Waals surface area contributed by atoms with Gasteiger partial charge in [-0.15, -0.1) is 12.4 Å². The standard InChI is InChI=1S/C17H27N3O3.ClH/c1-5-9-17(2,18)16(22)19-11-13-7-6-8-14(10-13)23-12-15(21)20(3)4;/h6-8,10H,5,9,11-12,18H2,1-4H3,(H,19,22);1H. The second-order valence-corrected chi connectivity index (χ2v) is 6.07. The van der Waals surface area contributed by atoms with Crippen LogP contribution < -0.4 is 15.8 Å². The predicted molar refractivity (Wildman–Crippen MR) is 97.2 cm³/mol. The van der Waals surface area contributed by atoms with Crippen molar-refractivity contribution in [3.63, 3.8) is 0 Å². The van der Waals surface area contributed by atoms with Crippen molar-refractivity contribution < 1.29 is 14.3 Å². The second kappa shape index (κ2) is 10.2. The predicted octanol–water partition coefficient (Wildman–Crippen LogP) is 1.71. The molecule has 0 fully saturated rings. The van der Waals surface area contributed by atoms with E-state index in [9.17, 15) is 9.59 Å². The van der Waals surface area contributed by atoms with Crippen molar-refractivity contribution >= 4 is 24.2 Å². The van der Waals surface area contributed by atoms with Crippen molar-refractivity contribution in [1.29, 1.82) is 0 Å². The molecule has 0 radical (unpaired) electrons. The molecular weight excluding hydrogens is 330 g/mol. The molecule has 0 aliphatic heterocycles. The number of carbonyl (C=O) groups excluding carboxylic acids is 2. The Morgan fingerprint density at radius 2 is 2.00 bits per heavy atom. The van der Waals surface area contributed by atoms with Gasteiger partial charge in [0.15, 0.2) is 6.61 Å². The number of hydrogen-bond acceptors (Lipinski definition) is 4. The molecule has 0 saturated carbocycles. The number of benzene rings is 1. The smallest absolute Gasteiger partial charge is 0.259 e. The number of ether oxygens (including phenoxy) is 1. The van der Waals surface area contributed by atoms with Crippen LogP contribution in [0.1, 0.15) is 32.3 Å². The zero-order chi connectivity index (χ0) is 17.5. The topological polar surface area (TPSA) is 84.7 Å². The van der Waals surface area contributed by atoms with Crippen LogP contribution in [0.3, 0.4) is 0 Å². The Kier molecular flexibility index (Phi) is 9.40. The van der Waals surface area contributed by atoms with Gasteiger partial charge in [0.2, 0.25) is 5.91 Å². The van der Waals surface area contributed by atoms with Crippen LogP contribution in [0.4, 0.5) is 0 Å². The van der Waals surface area contributed by atoms with Gasteiger partial charge in [-0.2, -0.15) is 0 Å². The van der Waals surface area contributed by atoms with Gasteiger partial charge in [0.05, 0.1) is 5.54 Å². The molecule has 1 rings (SSSR count). The first kappa shape index (κ1) is 22.2. The van der Waals surface area contributed by atoms with E-state index in [-0.39, 0.29) is 30.8 Å². The summed E-state index contributed by atoms with van der Waals surface area (Å²) in [5, 5.41) is 2.84. The number of hydrogen-bond donors (Lipinski definition) is 2. The van der Waals surface area contributed by atoms with Crippen LogP contribution in [0.15, 0.2) is 24.3 Å². The van der Waals surface area contributed by atoms with Crippen LogP contribution in [-0.4, -0.2) is 43.0 Å². The SMILES string of the molecule is CCCC(C)(N)C(=O)NCc1cccc(OCC(=O)N(C)C)c1.Cl. The summed E-state index contributed by atoms with van der Waals surface area (Å²) in [6.07, 6.45) is 1.48. The Morgan fingerprint density at radius 1 is 1.33 bits per heavy atom. The molecule has 6 nitrogen and oxygen atoms in total. The third-order valence-electron chi connectivity index (χ3n) is 3.50. The minimum Gasteiger partial charge on any atom is -0.484 e. The van der Waals surface area contributed by atoms with E-state index in [4.69, 9.17) is 10.5 Å². The summed E-state index contributed by atoms with van der Waals surface area (Å²) in [5.74, 6) is 0.312. The highest BCUT2D eigenvalue weighted by atomic mass is 35.5. The molecule has 3 N–H and O–H groups in total. The molecule has 7 heteroatoms.